The van der Waals surface area contributed by atoms with Crippen LogP contribution in [0, 0.1) is 10.1 Å². The summed E-state index contributed by atoms with van der Waals surface area (Å²) < 4.78 is 12.0. The maximum atomic E-state index is 11.5. The van der Waals surface area contributed by atoms with Gasteiger partial charge in [0.1, 0.15) is 11.5 Å². The van der Waals surface area contributed by atoms with Gasteiger partial charge >= 0.3 is 0 Å². The van der Waals surface area contributed by atoms with E-state index in [0.717, 1.165) is 48.3 Å². The van der Waals surface area contributed by atoms with Crippen LogP contribution in [0.2, 0.25) is 0 Å². The van der Waals surface area contributed by atoms with Crippen LogP contribution in [-0.2, 0) is 0 Å². The second-order valence-corrected chi connectivity index (χ2v) is 8.92. The van der Waals surface area contributed by atoms with Crippen LogP contribution in [0.25, 0.3) is 0 Å². The van der Waals surface area contributed by atoms with E-state index in [-0.39, 0.29) is 22.4 Å². The SMILES string of the molecule is CCCCOc1ccc2c(c1)[C@H]1c3ccc(OCCCC)cc3[C@@H]2c2cc([N+](=O)[O-])ccc21. The first-order valence-electron chi connectivity index (χ1n) is 11.9. The Morgan fingerprint density at radius 3 is 1.64 bits per heavy atom. The minimum Gasteiger partial charge on any atom is -0.494 e. The quantitative estimate of drug-likeness (QED) is 0.141. The highest BCUT2D eigenvalue weighted by atomic mass is 16.6. The molecule has 5 heteroatoms. The van der Waals surface area contributed by atoms with E-state index in [0.29, 0.717) is 13.2 Å². The Hall–Kier alpha value is -3.34. The summed E-state index contributed by atoms with van der Waals surface area (Å²) in [6.07, 6.45) is 4.22. The summed E-state index contributed by atoms with van der Waals surface area (Å²) >= 11 is 0. The topological polar surface area (TPSA) is 61.6 Å². The van der Waals surface area contributed by atoms with Gasteiger partial charge in [-0.1, -0.05) is 44.9 Å². The fraction of sp³-hybridized carbons (Fsp3) is 0.357. The number of benzene rings is 3. The van der Waals surface area contributed by atoms with Gasteiger partial charge in [-0.2, -0.15) is 0 Å². The van der Waals surface area contributed by atoms with Crippen LogP contribution < -0.4 is 9.47 Å². The number of nitro groups is 1. The van der Waals surface area contributed by atoms with Crippen molar-refractivity contribution in [2.45, 2.75) is 51.4 Å². The molecular formula is C28H29NO4. The molecule has 2 bridgehead atoms. The average Bonchev–Trinajstić information content (AvgIpc) is 2.83. The molecule has 3 aliphatic rings. The van der Waals surface area contributed by atoms with Crippen molar-refractivity contribution < 1.29 is 14.4 Å². The molecule has 0 heterocycles. The first-order valence-corrected chi connectivity index (χ1v) is 11.9. The Balaban J connectivity index is 1.60. The van der Waals surface area contributed by atoms with E-state index in [2.05, 4.69) is 44.2 Å². The van der Waals surface area contributed by atoms with E-state index < -0.39 is 0 Å². The molecule has 3 aromatic carbocycles. The molecule has 3 aliphatic carbocycles. The van der Waals surface area contributed by atoms with Crippen molar-refractivity contribution in [2.75, 3.05) is 13.2 Å². The minimum absolute atomic E-state index is 0.0372. The maximum absolute atomic E-state index is 11.5. The van der Waals surface area contributed by atoms with Crippen molar-refractivity contribution in [1.29, 1.82) is 0 Å². The van der Waals surface area contributed by atoms with Crippen molar-refractivity contribution in [1.82, 2.24) is 0 Å². The molecule has 0 saturated carbocycles. The molecule has 2 atom stereocenters. The van der Waals surface area contributed by atoms with Gasteiger partial charge in [0.2, 0.25) is 0 Å². The number of nitrogens with zero attached hydrogens (tertiary/aromatic N) is 1. The lowest BCUT2D eigenvalue weighted by atomic mass is 9.61. The Kier molecular flexibility index (Phi) is 5.79. The molecule has 0 unspecified atom stereocenters. The molecule has 6 rings (SSSR count). The Bertz CT molecular complexity index is 1200. The fourth-order valence-electron chi connectivity index (χ4n) is 5.17. The third-order valence-corrected chi connectivity index (χ3v) is 6.80. The first kappa shape index (κ1) is 21.5. The van der Waals surface area contributed by atoms with Crippen LogP contribution in [0.1, 0.15) is 84.7 Å². The number of unbranched alkanes of at least 4 members (excludes halogenated alkanes) is 2. The van der Waals surface area contributed by atoms with E-state index in [1.807, 2.05) is 12.1 Å². The molecule has 0 aliphatic heterocycles. The highest BCUT2D eigenvalue weighted by Gasteiger charge is 2.42. The molecular weight excluding hydrogens is 414 g/mol. The van der Waals surface area contributed by atoms with Crippen LogP contribution in [0.4, 0.5) is 5.69 Å². The number of non-ortho nitro benzene ring substituents is 1. The highest BCUT2D eigenvalue weighted by molar-refractivity contribution is 5.70. The predicted octanol–water partition coefficient (Wildman–Crippen LogP) is 6.94. The second-order valence-electron chi connectivity index (χ2n) is 8.92. The summed E-state index contributed by atoms with van der Waals surface area (Å²) in [5, 5.41) is 11.5. The summed E-state index contributed by atoms with van der Waals surface area (Å²) in [5.41, 5.74) is 7.20. The lowest BCUT2D eigenvalue weighted by Gasteiger charge is -2.42. The van der Waals surface area contributed by atoms with Crippen LogP contribution >= 0.6 is 0 Å². The Morgan fingerprint density at radius 1 is 0.697 bits per heavy atom. The van der Waals surface area contributed by atoms with E-state index in [9.17, 15) is 10.1 Å². The number of nitro benzene ring substituents is 1. The molecule has 0 radical (unpaired) electrons. The summed E-state index contributed by atoms with van der Waals surface area (Å²) in [4.78, 5) is 11.2. The van der Waals surface area contributed by atoms with Gasteiger partial charge in [0.25, 0.3) is 5.69 Å². The molecule has 33 heavy (non-hydrogen) atoms. The monoisotopic (exact) mass is 443 g/mol. The molecule has 0 fully saturated rings. The lowest BCUT2D eigenvalue weighted by Crippen LogP contribution is -2.27. The predicted molar refractivity (Wildman–Crippen MR) is 129 cm³/mol. The smallest absolute Gasteiger partial charge is 0.269 e. The number of ether oxygens (including phenoxy) is 2. The molecule has 3 aromatic rings. The van der Waals surface area contributed by atoms with E-state index in [1.165, 1.54) is 22.3 Å². The van der Waals surface area contributed by atoms with Crippen LogP contribution in [0.15, 0.2) is 54.6 Å². The van der Waals surface area contributed by atoms with Crippen molar-refractivity contribution in [3.63, 3.8) is 0 Å². The van der Waals surface area contributed by atoms with Crippen molar-refractivity contribution in [2.24, 2.45) is 0 Å². The zero-order valence-corrected chi connectivity index (χ0v) is 19.2. The molecule has 0 saturated heterocycles. The van der Waals surface area contributed by atoms with Crippen molar-refractivity contribution >= 4 is 5.69 Å². The zero-order valence-electron chi connectivity index (χ0n) is 19.2. The molecule has 0 amide bonds. The first-order chi connectivity index (χ1) is 16.1. The van der Waals surface area contributed by atoms with Gasteiger partial charge in [-0.15, -0.1) is 0 Å². The van der Waals surface area contributed by atoms with Gasteiger partial charge in [0.05, 0.1) is 18.1 Å². The lowest BCUT2D eigenvalue weighted by molar-refractivity contribution is -0.384. The second kappa shape index (κ2) is 8.89. The zero-order chi connectivity index (χ0) is 22.9. The van der Waals surface area contributed by atoms with Gasteiger partial charge in [-0.3, -0.25) is 10.1 Å². The largest absolute Gasteiger partial charge is 0.494 e. The van der Waals surface area contributed by atoms with Gasteiger partial charge in [-0.25, -0.2) is 0 Å². The van der Waals surface area contributed by atoms with E-state index >= 15 is 0 Å². The van der Waals surface area contributed by atoms with Gasteiger partial charge in [0.15, 0.2) is 0 Å². The standard InChI is InChI=1S/C28H29NO4/c1-3-5-13-32-19-9-12-23-25(16-19)27-21-10-7-18(29(30)31)15-24(21)28(23)26-17-20(8-11-22(26)27)33-14-6-4-2/h7-12,15-17,27-28H,3-6,13-14H2,1-2H3/t27-,28+/m1/s1. The number of rotatable bonds is 9. The van der Waals surface area contributed by atoms with Crippen molar-refractivity contribution in [3.8, 4) is 11.5 Å². The van der Waals surface area contributed by atoms with Gasteiger partial charge in [-0.05, 0) is 70.5 Å². The summed E-state index contributed by atoms with van der Waals surface area (Å²) in [6, 6.07) is 18.0. The molecule has 170 valence electrons. The van der Waals surface area contributed by atoms with Gasteiger partial charge < -0.3 is 9.47 Å². The van der Waals surface area contributed by atoms with Crippen LogP contribution in [-0.4, -0.2) is 18.1 Å². The van der Waals surface area contributed by atoms with E-state index in [4.69, 9.17) is 9.47 Å². The average molecular weight is 444 g/mol. The summed E-state index contributed by atoms with van der Waals surface area (Å²) in [5.74, 6) is 1.74. The Morgan fingerprint density at radius 2 is 1.15 bits per heavy atom. The molecule has 5 nitrogen and oxygen atoms in total. The normalized spacial score (nSPS) is 17.2. The molecule has 0 N–H and O–H groups in total. The Labute approximate surface area is 194 Å². The molecule has 0 spiro atoms. The number of hydrogen-bond acceptors (Lipinski definition) is 4. The van der Waals surface area contributed by atoms with Crippen molar-refractivity contribution in [3.05, 3.63) is 98.1 Å². The fourth-order valence-corrected chi connectivity index (χ4v) is 5.17. The third-order valence-electron chi connectivity index (χ3n) is 6.80. The molecule has 0 aromatic heterocycles. The van der Waals surface area contributed by atoms with Gasteiger partial charge in [0, 0.05) is 24.0 Å². The summed E-state index contributed by atoms with van der Waals surface area (Å²) in [7, 11) is 0. The van der Waals surface area contributed by atoms with Crippen LogP contribution in [0.3, 0.4) is 0 Å². The third kappa shape index (κ3) is 3.75. The minimum atomic E-state index is -0.306. The number of hydrogen-bond donors (Lipinski definition) is 0. The van der Waals surface area contributed by atoms with E-state index in [1.54, 1.807) is 12.1 Å². The maximum Gasteiger partial charge on any atom is 0.269 e. The summed E-state index contributed by atoms with van der Waals surface area (Å²) in [6.45, 7) is 5.71. The van der Waals surface area contributed by atoms with Crippen LogP contribution in [0.5, 0.6) is 11.5 Å². The highest BCUT2D eigenvalue weighted by Crippen LogP contribution is 2.57.